The summed E-state index contributed by atoms with van der Waals surface area (Å²) in [6.07, 6.45) is 39.0. The van der Waals surface area contributed by atoms with Crippen LogP contribution in [0, 0.1) is 0 Å². The Labute approximate surface area is 366 Å². The number of aliphatic hydroxyl groups excluding tert-OH is 4. The molecule has 1 aliphatic rings. The van der Waals surface area contributed by atoms with Gasteiger partial charge in [0.2, 0.25) is 0 Å². The molecule has 60 heavy (non-hydrogen) atoms. The van der Waals surface area contributed by atoms with Crippen molar-refractivity contribution in [3.05, 3.63) is 24.3 Å². The lowest BCUT2D eigenvalue weighted by atomic mass is 9.99. The minimum atomic E-state index is -1.59. The summed E-state index contributed by atoms with van der Waals surface area (Å²) in [5.74, 6) is -0.800. The Morgan fingerprint density at radius 1 is 0.517 bits per heavy atom. The molecule has 6 unspecified atom stereocenters. The van der Waals surface area contributed by atoms with Crippen LogP contribution in [0.4, 0.5) is 0 Å². The fourth-order valence-corrected chi connectivity index (χ4v) is 7.63. The Kier molecular flexibility index (Phi) is 38.6. The summed E-state index contributed by atoms with van der Waals surface area (Å²) in [5, 5.41) is 40.1. The highest BCUT2D eigenvalue weighted by Crippen LogP contribution is 2.23. The summed E-state index contributed by atoms with van der Waals surface area (Å²) >= 11 is 0. The lowest BCUT2D eigenvalue weighted by Gasteiger charge is -2.39. The molecule has 10 nitrogen and oxygen atoms in total. The predicted octanol–water partition coefficient (Wildman–Crippen LogP) is 11.3. The standard InChI is InChI=1S/C50H92O10/c1-3-5-7-9-11-13-15-17-18-19-20-21-22-23-24-25-26-27-29-31-33-35-37-39-46(53)59-43(42-58-50-49(56)48(55)47(54)44(40-51)60-50)41-57-45(52)38-36-34-32-30-28-16-14-12-10-8-6-4-2/h15,17,19-20,43-44,47-51,54-56H,3-14,16,18,21-42H2,1-2H3/b17-15-,20-19-. The van der Waals surface area contributed by atoms with Crippen LogP contribution < -0.4 is 0 Å². The molecule has 1 fully saturated rings. The van der Waals surface area contributed by atoms with Crippen LogP contribution in [0.2, 0.25) is 0 Å². The average Bonchev–Trinajstić information content (AvgIpc) is 3.25. The summed E-state index contributed by atoms with van der Waals surface area (Å²) in [6, 6.07) is 0. The lowest BCUT2D eigenvalue weighted by Crippen LogP contribution is -2.59. The third-order valence-corrected chi connectivity index (χ3v) is 11.6. The minimum absolute atomic E-state index is 0.214. The first-order chi connectivity index (χ1) is 29.3. The van der Waals surface area contributed by atoms with Gasteiger partial charge in [-0.05, 0) is 44.9 Å². The van der Waals surface area contributed by atoms with E-state index in [0.29, 0.717) is 6.42 Å². The molecule has 0 bridgehead atoms. The number of esters is 2. The summed E-state index contributed by atoms with van der Waals surface area (Å²) in [5.41, 5.74) is 0. The summed E-state index contributed by atoms with van der Waals surface area (Å²) in [7, 11) is 0. The zero-order chi connectivity index (χ0) is 43.7. The number of hydrogen-bond donors (Lipinski definition) is 4. The van der Waals surface area contributed by atoms with Gasteiger partial charge in [0.05, 0.1) is 13.2 Å². The van der Waals surface area contributed by atoms with E-state index in [1.807, 2.05) is 0 Å². The van der Waals surface area contributed by atoms with Crippen LogP contribution in [0.25, 0.3) is 0 Å². The lowest BCUT2D eigenvalue weighted by molar-refractivity contribution is -0.305. The van der Waals surface area contributed by atoms with E-state index >= 15 is 0 Å². The van der Waals surface area contributed by atoms with E-state index in [2.05, 4.69) is 38.2 Å². The molecule has 0 aliphatic carbocycles. The van der Waals surface area contributed by atoms with E-state index in [9.17, 15) is 30.0 Å². The highest BCUT2D eigenvalue weighted by molar-refractivity contribution is 5.70. The fourth-order valence-electron chi connectivity index (χ4n) is 7.63. The first kappa shape index (κ1) is 56.2. The van der Waals surface area contributed by atoms with Crippen LogP contribution in [0.3, 0.4) is 0 Å². The number of ether oxygens (including phenoxy) is 4. The van der Waals surface area contributed by atoms with Gasteiger partial charge in [0.15, 0.2) is 12.4 Å². The van der Waals surface area contributed by atoms with Gasteiger partial charge in [-0.3, -0.25) is 9.59 Å². The van der Waals surface area contributed by atoms with Crippen molar-refractivity contribution in [2.45, 2.75) is 263 Å². The van der Waals surface area contributed by atoms with Crippen molar-refractivity contribution in [3.8, 4) is 0 Å². The predicted molar refractivity (Wildman–Crippen MR) is 243 cm³/mol. The van der Waals surface area contributed by atoms with E-state index in [0.717, 1.165) is 44.9 Å². The Bertz CT molecular complexity index is 1030. The Morgan fingerprint density at radius 2 is 0.933 bits per heavy atom. The molecule has 1 aliphatic heterocycles. The van der Waals surface area contributed by atoms with Crippen LogP contribution in [0.15, 0.2) is 24.3 Å². The molecule has 10 heteroatoms. The van der Waals surface area contributed by atoms with Gasteiger partial charge in [-0.25, -0.2) is 0 Å². The number of hydrogen-bond acceptors (Lipinski definition) is 10. The van der Waals surface area contributed by atoms with Gasteiger partial charge in [-0.15, -0.1) is 0 Å². The molecule has 0 radical (unpaired) electrons. The van der Waals surface area contributed by atoms with E-state index < -0.39 is 49.4 Å². The molecule has 6 atom stereocenters. The zero-order valence-corrected chi connectivity index (χ0v) is 38.5. The van der Waals surface area contributed by atoms with E-state index in [4.69, 9.17) is 18.9 Å². The van der Waals surface area contributed by atoms with Crippen LogP contribution in [0.1, 0.15) is 226 Å². The van der Waals surface area contributed by atoms with Crippen molar-refractivity contribution in [2.24, 2.45) is 0 Å². The molecule has 0 spiro atoms. The maximum atomic E-state index is 12.8. The van der Waals surface area contributed by atoms with Crippen LogP contribution in [0.5, 0.6) is 0 Å². The maximum Gasteiger partial charge on any atom is 0.306 e. The number of allylic oxidation sites excluding steroid dienone is 4. The third-order valence-electron chi connectivity index (χ3n) is 11.6. The molecule has 4 N–H and O–H groups in total. The second-order valence-corrected chi connectivity index (χ2v) is 17.3. The highest BCUT2D eigenvalue weighted by atomic mass is 16.7. The van der Waals surface area contributed by atoms with Crippen molar-refractivity contribution >= 4 is 11.9 Å². The molecule has 352 valence electrons. The average molecular weight is 853 g/mol. The van der Waals surface area contributed by atoms with Crippen molar-refractivity contribution in [3.63, 3.8) is 0 Å². The summed E-state index contributed by atoms with van der Waals surface area (Å²) in [6.45, 7) is 3.43. The fraction of sp³-hybridized carbons (Fsp3) is 0.880. The Morgan fingerprint density at radius 3 is 1.38 bits per heavy atom. The molecule has 1 heterocycles. The first-order valence-electron chi connectivity index (χ1n) is 24.9. The first-order valence-corrected chi connectivity index (χ1v) is 24.9. The van der Waals surface area contributed by atoms with Gasteiger partial charge in [-0.1, -0.05) is 192 Å². The molecule has 0 saturated carbocycles. The number of carbonyl (C=O) groups is 2. The highest BCUT2D eigenvalue weighted by Gasteiger charge is 2.44. The van der Waals surface area contributed by atoms with Gasteiger partial charge >= 0.3 is 11.9 Å². The van der Waals surface area contributed by atoms with Gasteiger partial charge in [0, 0.05) is 12.8 Å². The number of carbonyl (C=O) groups excluding carboxylic acids is 2. The van der Waals surface area contributed by atoms with E-state index in [1.165, 1.54) is 148 Å². The van der Waals surface area contributed by atoms with Crippen LogP contribution in [-0.4, -0.2) is 89.0 Å². The molecule has 1 rings (SSSR count). The molecule has 0 aromatic rings. The number of unbranched alkanes of at least 4 members (excludes halogenated alkanes) is 27. The van der Waals surface area contributed by atoms with Crippen molar-refractivity contribution in [1.82, 2.24) is 0 Å². The molecule has 1 saturated heterocycles. The SMILES string of the molecule is CCCCCCC/C=C\C/C=C\CCCCCCCCCCCCCC(=O)OC(COC(=O)CCCCCCCCCCCCCC)COC1OC(CO)C(O)C(O)C1O. The second kappa shape index (κ2) is 41.2. The van der Waals surface area contributed by atoms with Crippen LogP contribution in [-0.2, 0) is 28.5 Å². The summed E-state index contributed by atoms with van der Waals surface area (Å²) in [4.78, 5) is 25.4. The largest absolute Gasteiger partial charge is 0.462 e. The van der Waals surface area contributed by atoms with E-state index in [1.54, 1.807) is 0 Å². The smallest absolute Gasteiger partial charge is 0.306 e. The van der Waals surface area contributed by atoms with Crippen LogP contribution >= 0.6 is 0 Å². The number of rotatable bonds is 42. The van der Waals surface area contributed by atoms with Gasteiger partial charge in [0.25, 0.3) is 0 Å². The molecule has 0 aromatic carbocycles. The second-order valence-electron chi connectivity index (χ2n) is 17.3. The van der Waals surface area contributed by atoms with Gasteiger partial charge in [-0.2, -0.15) is 0 Å². The molecule has 0 aromatic heterocycles. The minimum Gasteiger partial charge on any atom is -0.462 e. The maximum absolute atomic E-state index is 12.8. The Hall–Kier alpha value is -1.82. The Balaban J connectivity index is 2.24. The molecule has 0 amide bonds. The monoisotopic (exact) mass is 853 g/mol. The van der Waals surface area contributed by atoms with Crippen molar-refractivity contribution in [2.75, 3.05) is 19.8 Å². The molecular weight excluding hydrogens is 761 g/mol. The molecular formula is C50H92O10. The topological polar surface area (TPSA) is 152 Å². The number of aliphatic hydroxyl groups is 4. The van der Waals surface area contributed by atoms with E-state index in [-0.39, 0.29) is 32.0 Å². The zero-order valence-electron chi connectivity index (χ0n) is 38.5. The van der Waals surface area contributed by atoms with Crippen molar-refractivity contribution < 1.29 is 49.0 Å². The quantitative estimate of drug-likeness (QED) is 0.0265. The normalized spacial score (nSPS) is 20.0. The summed E-state index contributed by atoms with van der Waals surface area (Å²) < 4.78 is 22.2. The van der Waals surface area contributed by atoms with Gasteiger partial charge in [0.1, 0.15) is 31.0 Å². The van der Waals surface area contributed by atoms with Gasteiger partial charge < -0.3 is 39.4 Å². The third kappa shape index (κ3) is 31.9. The van der Waals surface area contributed by atoms with Crippen molar-refractivity contribution in [1.29, 1.82) is 0 Å².